The van der Waals surface area contributed by atoms with Crippen molar-refractivity contribution in [1.29, 1.82) is 0 Å². The molecular weight excluding hydrogens is 698 g/mol. The number of fused-ring (bicyclic) bond motifs is 2. The number of aliphatic carboxylic acids is 1. The van der Waals surface area contributed by atoms with Gasteiger partial charge in [-0.05, 0) is 67.9 Å². The van der Waals surface area contributed by atoms with Gasteiger partial charge in [-0.1, -0.05) is 24.3 Å². The van der Waals surface area contributed by atoms with Gasteiger partial charge in [0.25, 0.3) is 5.91 Å². The number of ether oxygens (including phenoxy) is 1. The number of aromatic nitrogens is 1. The third kappa shape index (κ3) is 7.65. The zero-order valence-electron chi connectivity index (χ0n) is 30.7. The molecule has 0 saturated carbocycles. The number of aryl methyl sites for hydroxylation is 2. The van der Waals surface area contributed by atoms with Gasteiger partial charge < -0.3 is 39.2 Å². The second kappa shape index (κ2) is 15.5. The molecule has 16 nitrogen and oxygen atoms in total. The third-order valence-corrected chi connectivity index (χ3v) is 11.5. The molecule has 1 aromatic heterocycles. The van der Waals surface area contributed by atoms with E-state index < -0.39 is 29.8 Å². The van der Waals surface area contributed by atoms with E-state index in [0.29, 0.717) is 101 Å². The molecule has 0 spiro atoms. The minimum absolute atomic E-state index is 0.0436. The number of piperazine rings is 1. The Kier molecular flexibility index (Phi) is 10.6. The highest BCUT2D eigenvalue weighted by Crippen LogP contribution is 2.27. The van der Waals surface area contributed by atoms with Crippen molar-refractivity contribution in [2.75, 3.05) is 64.2 Å². The molecule has 3 aromatic rings. The normalized spacial score (nSPS) is 19.6. The summed E-state index contributed by atoms with van der Waals surface area (Å²) in [5, 5.41) is 12.1. The van der Waals surface area contributed by atoms with Crippen molar-refractivity contribution in [1.82, 2.24) is 29.1 Å². The number of nitrogens with zero attached hydrogens (tertiary/aromatic N) is 6. The van der Waals surface area contributed by atoms with E-state index in [1.165, 1.54) is 9.47 Å². The van der Waals surface area contributed by atoms with Crippen LogP contribution in [0.1, 0.15) is 42.4 Å². The van der Waals surface area contributed by atoms with Gasteiger partial charge >= 0.3 is 29.8 Å². The molecule has 288 valence electrons. The Labute approximate surface area is 312 Å². The molecule has 5 heterocycles. The van der Waals surface area contributed by atoms with Gasteiger partial charge in [-0.3, -0.25) is 19.1 Å². The zero-order valence-corrected chi connectivity index (χ0v) is 30.7. The average Bonchev–Trinajstić information content (AvgIpc) is 3.35. The first-order valence-electron chi connectivity index (χ1n) is 18.7. The number of likely N-dealkylation sites (tertiary alicyclic amines) is 2. The molecular formula is C38H47N7O9. The lowest BCUT2D eigenvalue weighted by Gasteiger charge is -2.43. The maximum atomic E-state index is 14.2. The number of benzene rings is 2. The molecule has 0 aliphatic carbocycles. The molecule has 4 aliphatic heterocycles. The van der Waals surface area contributed by atoms with Crippen molar-refractivity contribution in [3.8, 4) is 0 Å². The lowest BCUT2D eigenvalue weighted by Crippen LogP contribution is -2.56. The SMILES string of the molecule is Cc1cc(C[C@@H](OC(=O)N2CCC(N3CCc4ccccc4NC3=O)CC2)C(=O)N2CCC(N3CCN(C(=O)C(=O)O)CC3)CC2)cc2oc(=O)n(C)c12. The fourth-order valence-corrected chi connectivity index (χ4v) is 8.47. The zero-order chi connectivity index (χ0) is 38.1. The van der Waals surface area contributed by atoms with Gasteiger partial charge in [0, 0.05) is 90.1 Å². The number of amides is 5. The number of hydrogen-bond donors (Lipinski definition) is 2. The van der Waals surface area contributed by atoms with E-state index in [1.807, 2.05) is 42.2 Å². The van der Waals surface area contributed by atoms with Crippen molar-refractivity contribution >= 4 is 46.7 Å². The third-order valence-electron chi connectivity index (χ3n) is 11.5. The molecule has 7 rings (SSSR count). The summed E-state index contributed by atoms with van der Waals surface area (Å²) in [4.78, 5) is 85.2. The molecule has 5 amide bonds. The summed E-state index contributed by atoms with van der Waals surface area (Å²) >= 11 is 0. The maximum Gasteiger partial charge on any atom is 0.419 e. The van der Waals surface area contributed by atoms with Gasteiger partial charge in [0.1, 0.15) is 0 Å². The van der Waals surface area contributed by atoms with Crippen LogP contribution in [0.5, 0.6) is 0 Å². The number of anilines is 1. The molecule has 2 N–H and O–H groups in total. The lowest BCUT2D eigenvalue weighted by atomic mass is 9.99. The molecule has 16 heteroatoms. The standard InChI is InChI=1S/C38H47N7O9/c1-24-21-25(22-30-32(24)40(2)37(51)53-30)23-31(33(46)42-12-8-27(9-13-42)41-17-19-43(20-18-41)34(47)35(48)49)54-38(52)44-14-10-28(11-15-44)45-16-7-26-5-3-4-6-29(26)39-36(45)50/h3-6,21-22,27-28,31H,7-20,23H2,1-2H3,(H,39,50)(H,48,49)/t31-/m1/s1. The first-order valence-corrected chi connectivity index (χ1v) is 18.7. The number of carboxylic acids is 1. The van der Waals surface area contributed by atoms with E-state index in [1.54, 1.807) is 22.9 Å². The first-order chi connectivity index (χ1) is 26.0. The molecule has 0 bridgehead atoms. The van der Waals surface area contributed by atoms with Crippen molar-refractivity contribution in [2.24, 2.45) is 7.05 Å². The molecule has 2 aromatic carbocycles. The van der Waals surface area contributed by atoms with Crippen molar-refractivity contribution in [3.63, 3.8) is 0 Å². The molecule has 0 radical (unpaired) electrons. The molecule has 54 heavy (non-hydrogen) atoms. The number of nitrogens with one attached hydrogen (secondary N) is 1. The second-order valence-corrected chi connectivity index (χ2v) is 14.7. The van der Waals surface area contributed by atoms with Gasteiger partial charge in [0.05, 0.1) is 5.52 Å². The molecule has 3 saturated heterocycles. The molecule has 0 unspecified atom stereocenters. The Balaban J connectivity index is 1.00. The topological polar surface area (TPSA) is 178 Å². The van der Waals surface area contributed by atoms with Crippen LogP contribution in [0.15, 0.2) is 45.6 Å². The van der Waals surface area contributed by atoms with Gasteiger partial charge in [-0.15, -0.1) is 0 Å². The summed E-state index contributed by atoms with van der Waals surface area (Å²) in [5.74, 6) is -3.14. The summed E-state index contributed by atoms with van der Waals surface area (Å²) in [7, 11) is 1.63. The van der Waals surface area contributed by atoms with E-state index in [0.717, 1.165) is 23.2 Å². The van der Waals surface area contributed by atoms with Gasteiger partial charge in [0.2, 0.25) is 0 Å². The fourth-order valence-electron chi connectivity index (χ4n) is 8.47. The van der Waals surface area contributed by atoms with Gasteiger partial charge in [-0.25, -0.2) is 19.2 Å². The van der Waals surface area contributed by atoms with E-state index >= 15 is 0 Å². The van der Waals surface area contributed by atoms with Crippen LogP contribution in [0.3, 0.4) is 0 Å². The summed E-state index contributed by atoms with van der Waals surface area (Å²) in [6.07, 6.45) is 1.63. The van der Waals surface area contributed by atoms with Crippen molar-refractivity contribution < 1.29 is 38.2 Å². The predicted molar refractivity (Wildman–Crippen MR) is 196 cm³/mol. The van der Waals surface area contributed by atoms with E-state index in [4.69, 9.17) is 14.3 Å². The van der Waals surface area contributed by atoms with Crippen LogP contribution in [-0.2, 0) is 39.0 Å². The highest BCUT2D eigenvalue weighted by atomic mass is 16.6. The van der Waals surface area contributed by atoms with Crippen LogP contribution in [0, 0.1) is 6.92 Å². The first kappa shape index (κ1) is 37.0. The Morgan fingerprint density at radius 2 is 1.54 bits per heavy atom. The number of hydrogen-bond acceptors (Lipinski definition) is 9. The van der Waals surface area contributed by atoms with Crippen molar-refractivity contribution in [3.05, 3.63) is 63.6 Å². The Bertz CT molecular complexity index is 1990. The fraction of sp³-hybridized carbons (Fsp3) is 0.526. The number of carboxylic acid groups (broad SMARTS) is 1. The number of para-hydroxylation sites is 1. The highest BCUT2D eigenvalue weighted by Gasteiger charge is 2.37. The predicted octanol–water partition coefficient (Wildman–Crippen LogP) is 2.26. The summed E-state index contributed by atoms with van der Waals surface area (Å²) in [6, 6.07) is 11.4. The van der Waals surface area contributed by atoms with Gasteiger partial charge in [0.15, 0.2) is 11.7 Å². The Morgan fingerprint density at radius 3 is 2.24 bits per heavy atom. The minimum Gasteiger partial charge on any atom is -0.474 e. The molecule has 3 fully saturated rings. The number of carbonyl (C=O) groups is 5. The Hall–Kier alpha value is -5.38. The summed E-state index contributed by atoms with van der Waals surface area (Å²) in [5.41, 5.74) is 4.44. The maximum absolute atomic E-state index is 14.2. The van der Waals surface area contributed by atoms with Crippen LogP contribution >= 0.6 is 0 Å². The molecule has 4 aliphatic rings. The highest BCUT2D eigenvalue weighted by molar-refractivity contribution is 6.31. The van der Waals surface area contributed by atoms with Crippen LogP contribution in [-0.4, -0.2) is 141 Å². The summed E-state index contributed by atoms with van der Waals surface area (Å²) in [6.45, 7) is 5.88. The minimum atomic E-state index is -1.45. The largest absolute Gasteiger partial charge is 0.474 e. The lowest BCUT2D eigenvalue weighted by molar-refractivity contribution is -0.157. The average molecular weight is 746 g/mol. The summed E-state index contributed by atoms with van der Waals surface area (Å²) < 4.78 is 13.0. The Morgan fingerprint density at radius 1 is 0.870 bits per heavy atom. The van der Waals surface area contributed by atoms with Crippen molar-refractivity contribution in [2.45, 2.75) is 63.6 Å². The number of piperidine rings is 2. The van der Waals surface area contributed by atoms with Crippen LogP contribution in [0.4, 0.5) is 15.3 Å². The number of urea groups is 1. The number of carbonyl (C=O) groups excluding carboxylic acids is 4. The second-order valence-electron chi connectivity index (χ2n) is 14.7. The number of rotatable bonds is 6. The monoisotopic (exact) mass is 745 g/mol. The number of oxazole rings is 1. The molecule has 1 atom stereocenters. The van der Waals surface area contributed by atoms with Crippen LogP contribution < -0.4 is 11.1 Å². The quantitative estimate of drug-likeness (QED) is 0.356. The van der Waals surface area contributed by atoms with Gasteiger partial charge in [-0.2, -0.15) is 0 Å². The van der Waals surface area contributed by atoms with Crippen LogP contribution in [0.2, 0.25) is 0 Å². The van der Waals surface area contributed by atoms with E-state index in [-0.39, 0.29) is 30.4 Å². The van der Waals surface area contributed by atoms with E-state index in [9.17, 15) is 28.8 Å². The smallest absolute Gasteiger partial charge is 0.419 e. The van der Waals surface area contributed by atoms with Crippen LogP contribution in [0.25, 0.3) is 11.1 Å². The van der Waals surface area contributed by atoms with E-state index in [2.05, 4.69) is 10.2 Å².